The number of nitrogens with zero attached hydrogens (tertiary/aromatic N) is 2. The summed E-state index contributed by atoms with van der Waals surface area (Å²) in [5.74, 6) is 0.815. The van der Waals surface area contributed by atoms with E-state index >= 15 is 0 Å². The molecular formula is C15H17FN4OS. The fourth-order valence-corrected chi connectivity index (χ4v) is 2.75. The Labute approximate surface area is 132 Å². The van der Waals surface area contributed by atoms with E-state index in [1.165, 1.54) is 12.1 Å². The molecule has 0 radical (unpaired) electrons. The van der Waals surface area contributed by atoms with E-state index in [0.717, 1.165) is 17.8 Å². The van der Waals surface area contributed by atoms with Crippen LogP contribution in [0, 0.1) is 16.5 Å². The van der Waals surface area contributed by atoms with Gasteiger partial charge in [-0.25, -0.2) is 4.39 Å². The molecular weight excluding hydrogens is 303 g/mol. The first-order chi connectivity index (χ1) is 10.6. The van der Waals surface area contributed by atoms with E-state index in [2.05, 4.69) is 15.5 Å². The molecule has 0 bridgehead atoms. The Morgan fingerprint density at radius 1 is 1.50 bits per heavy atom. The molecule has 3 rings (SSSR count). The molecule has 1 aliphatic carbocycles. The van der Waals surface area contributed by atoms with Gasteiger partial charge >= 0.3 is 0 Å². The monoisotopic (exact) mass is 320 g/mol. The van der Waals surface area contributed by atoms with E-state index < -0.39 is 0 Å². The van der Waals surface area contributed by atoms with Crippen LogP contribution >= 0.6 is 12.2 Å². The van der Waals surface area contributed by atoms with E-state index in [9.17, 15) is 9.18 Å². The van der Waals surface area contributed by atoms with Crippen LogP contribution in [-0.2, 0) is 18.3 Å². The average Bonchev–Trinajstić information content (AvgIpc) is 3.24. The number of halogens is 1. The number of amides is 1. The lowest BCUT2D eigenvalue weighted by Crippen LogP contribution is -2.28. The third-order valence-corrected chi connectivity index (χ3v) is 4.41. The number of benzene rings is 1. The molecule has 7 heteroatoms. The molecule has 2 N–H and O–H groups in total. The fourth-order valence-electron chi connectivity index (χ4n) is 2.59. The van der Waals surface area contributed by atoms with Gasteiger partial charge in [-0.15, -0.1) is 0 Å². The van der Waals surface area contributed by atoms with Crippen molar-refractivity contribution in [2.24, 2.45) is 13.0 Å². The van der Waals surface area contributed by atoms with Crippen LogP contribution in [-0.4, -0.2) is 27.2 Å². The Morgan fingerprint density at radius 2 is 2.23 bits per heavy atom. The van der Waals surface area contributed by atoms with Crippen LogP contribution in [0.1, 0.15) is 23.7 Å². The summed E-state index contributed by atoms with van der Waals surface area (Å²) in [6.45, 7) is 0.527. The van der Waals surface area contributed by atoms with Crippen LogP contribution in [0.2, 0.25) is 0 Å². The van der Waals surface area contributed by atoms with Crippen LogP contribution in [0.3, 0.4) is 0 Å². The zero-order valence-corrected chi connectivity index (χ0v) is 13.0. The molecule has 2 atom stereocenters. The van der Waals surface area contributed by atoms with Crippen molar-refractivity contribution in [1.29, 1.82) is 0 Å². The van der Waals surface area contributed by atoms with Gasteiger partial charge in [0.15, 0.2) is 4.77 Å². The van der Waals surface area contributed by atoms with Gasteiger partial charge in [0.05, 0.1) is 0 Å². The van der Waals surface area contributed by atoms with Crippen LogP contribution < -0.4 is 5.32 Å². The highest BCUT2D eigenvalue weighted by Crippen LogP contribution is 2.47. The topological polar surface area (TPSA) is 62.7 Å². The molecule has 0 spiro atoms. The summed E-state index contributed by atoms with van der Waals surface area (Å²) in [7, 11) is 1.84. The second-order valence-electron chi connectivity index (χ2n) is 5.55. The first-order valence-electron chi connectivity index (χ1n) is 7.19. The van der Waals surface area contributed by atoms with Gasteiger partial charge in [-0.3, -0.25) is 9.89 Å². The molecule has 1 fully saturated rings. The standard InChI is InChI=1S/C15H17FN4OS/c1-20-13(18-19-15(20)22)6-7-17-14(21)12-8-11(12)9-2-4-10(16)5-3-9/h2-5,11-12H,6-8H2,1H3,(H,17,21)(H,19,22). The fraction of sp³-hybridized carbons (Fsp3) is 0.400. The number of H-pyrrole nitrogens is 1. The molecule has 22 heavy (non-hydrogen) atoms. The lowest BCUT2D eigenvalue weighted by Gasteiger charge is -2.05. The van der Waals surface area contributed by atoms with Gasteiger partial charge in [0.1, 0.15) is 11.6 Å². The highest BCUT2D eigenvalue weighted by Gasteiger charge is 2.43. The van der Waals surface area contributed by atoms with Gasteiger partial charge in [0.25, 0.3) is 0 Å². The summed E-state index contributed by atoms with van der Waals surface area (Å²) in [6.07, 6.45) is 1.45. The van der Waals surface area contributed by atoms with Crippen LogP contribution in [0.25, 0.3) is 0 Å². The minimum Gasteiger partial charge on any atom is -0.355 e. The summed E-state index contributed by atoms with van der Waals surface area (Å²) < 4.78 is 15.3. The van der Waals surface area contributed by atoms with Crippen LogP contribution in [0.5, 0.6) is 0 Å². The predicted octanol–water partition coefficient (Wildman–Crippen LogP) is 2.08. The van der Waals surface area contributed by atoms with Gasteiger partial charge in [0.2, 0.25) is 5.91 Å². The highest BCUT2D eigenvalue weighted by molar-refractivity contribution is 7.71. The molecule has 1 amide bonds. The third kappa shape index (κ3) is 3.09. The van der Waals surface area contributed by atoms with Gasteiger partial charge in [0, 0.05) is 25.9 Å². The van der Waals surface area contributed by atoms with Crippen LogP contribution in [0.4, 0.5) is 4.39 Å². The zero-order valence-electron chi connectivity index (χ0n) is 12.2. The number of rotatable bonds is 5. The van der Waals surface area contributed by atoms with Crippen molar-refractivity contribution in [3.63, 3.8) is 0 Å². The molecule has 1 aromatic heterocycles. The minimum atomic E-state index is -0.251. The normalized spacial score (nSPS) is 19.9. The second kappa shape index (κ2) is 6.00. The minimum absolute atomic E-state index is 0.00657. The molecule has 5 nitrogen and oxygen atoms in total. The highest BCUT2D eigenvalue weighted by atomic mass is 32.1. The van der Waals surface area contributed by atoms with E-state index in [0.29, 0.717) is 17.7 Å². The van der Waals surface area contributed by atoms with Gasteiger partial charge < -0.3 is 9.88 Å². The van der Waals surface area contributed by atoms with E-state index in [1.54, 1.807) is 16.7 Å². The van der Waals surface area contributed by atoms with Crippen molar-refractivity contribution in [1.82, 2.24) is 20.1 Å². The lowest BCUT2D eigenvalue weighted by molar-refractivity contribution is -0.122. The Hall–Kier alpha value is -2.02. The smallest absolute Gasteiger partial charge is 0.223 e. The number of hydrogen-bond acceptors (Lipinski definition) is 3. The van der Waals surface area contributed by atoms with Gasteiger partial charge in [-0.05, 0) is 42.3 Å². The maximum Gasteiger partial charge on any atom is 0.223 e. The summed E-state index contributed by atoms with van der Waals surface area (Å²) >= 11 is 5.04. The largest absolute Gasteiger partial charge is 0.355 e. The number of aromatic nitrogens is 3. The Balaban J connectivity index is 1.48. The first-order valence-corrected chi connectivity index (χ1v) is 7.60. The maximum atomic E-state index is 12.9. The number of carbonyl (C=O) groups excluding carboxylic acids is 1. The molecule has 2 unspecified atom stereocenters. The van der Waals surface area contributed by atoms with Crippen molar-refractivity contribution < 1.29 is 9.18 Å². The molecule has 2 aromatic rings. The number of nitrogens with one attached hydrogen (secondary N) is 2. The van der Waals surface area contributed by atoms with Gasteiger partial charge in [-0.2, -0.15) is 5.10 Å². The molecule has 1 aromatic carbocycles. The molecule has 0 aliphatic heterocycles. The second-order valence-corrected chi connectivity index (χ2v) is 5.93. The Bertz CT molecular complexity index is 737. The summed E-state index contributed by atoms with van der Waals surface area (Å²) in [4.78, 5) is 12.1. The lowest BCUT2D eigenvalue weighted by atomic mass is 10.1. The number of aromatic amines is 1. The molecule has 1 aliphatic rings. The SMILES string of the molecule is Cn1c(CCNC(=O)C2CC2c2ccc(F)cc2)n[nH]c1=S. The van der Waals surface area contributed by atoms with Crippen molar-refractivity contribution in [3.05, 3.63) is 46.2 Å². The molecule has 116 valence electrons. The summed E-state index contributed by atoms with van der Waals surface area (Å²) in [5, 5.41) is 9.74. The Kier molecular flexibility index (Phi) is 4.06. The van der Waals surface area contributed by atoms with E-state index in [4.69, 9.17) is 12.2 Å². The van der Waals surface area contributed by atoms with Crippen LogP contribution in [0.15, 0.2) is 24.3 Å². The maximum absolute atomic E-state index is 12.9. The average molecular weight is 320 g/mol. The van der Waals surface area contributed by atoms with Crippen molar-refractivity contribution in [2.75, 3.05) is 6.54 Å². The molecule has 1 saturated carbocycles. The van der Waals surface area contributed by atoms with Crippen molar-refractivity contribution in [3.8, 4) is 0 Å². The van der Waals surface area contributed by atoms with Crippen molar-refractivity contribution >= 4 is 18.1 Å². The number of carbonyl (C=O) groups is 1. The third-order valence-electron chi connectivity index (χ3n) is 4.05. The quantitative estimate of drug-likeness (QED) is 0.829. The summed E-state index contributed by atoms with van der Waals surface area (Å²) in [6, 6.07) is 6.38. The number of hydrogen-bond donors (Lipinski definition) is 2. The van der Waals surface area contributed by atoms with Crippen molar-refractivity contribution in [2.45, 2.75) is 18.8 Å². The van der Waals surface area contributed by atoms with E-state index in [-0.39, 0.29) is 23.6 Å². The summed E-state index contributed by atoms with van der Waals surface area (Å²) in [5.41, 5.74) is 1.02. The van der Waals surface area contributed by atoms with E-state index in [1.807, 2.05) is 7.05 Å². The zero-order chi connectivity index (χ0) is 15.7. The Morgan fingerprint density at radius 3 is 2.86 bits per heavy atom. The predicted molar refractivity (Wildman–Crippen MR) is 82.4 cm³/mol. The first kappa shape index (κ1) is 14.9. The molecule has 0 saturated heterocycles. The molecule has 1 heterocycles. The van der Waals surface area contributed by atoms with Gasteiger partial charge in [-0.1, -0.05) is 12.1 Å².